The number of fused-ring (bicyclic) bond motifs is 4. The van der Waals surface area contributed by atoms with Crippen molar-refractivity contribution in [2.24, 2.45) is 5.10 Å². The first-order valence-electron chi connectivity index (χ1n) is 10.2. The molecule has 158 valence electrons. The Morgan fingerprint density at radius 2 is 2.06 bits per heavy atom. The molecular weight excluding hydrogens is 396 g/mol. The van der Waals surface area contributed by atoms with Gasteiger partial charge in [-0.25, -0.2) is 5.01 Å². The van der Waals surface area contributed by atoms with E-state index in [0.717, 1.165) is 22.2 Å². The van der Waals surface area contributed by atoms with Gasteiger partial charge in [0.1, 0.15) is 12.6 Å². The van der Waals surface area contributed by atoms with Gasteiger partial charge in [-0.15, -0.1) is 0 Å². The predicted octanol–water partition coefficient (Wildman–Crippen LogP) is 2.40. The molecule has 1 saturated heterocycles. The first kappa shape index (κ1) is 19.2. The highest BCUT2D eigenvalue weighted by atomic mass is 16.5. The Morgan fingerprint density at radius 1 is 1.23 bits per heavy atom. The summed E-state index contributed by atoms with van der Waals surface area (Å²) in [6.07, 6.45) is 1.96. The summed E-state index contributed by atoms with van der Waals surface area (Å²) >= 11 is 0. The molecule has 8 heteroatoms. The molecule has 1 fully saturated rings. The zero-order chi connectivity index (χ0) is 21.5. The lowest BCUT2D eigenvalue weighted by atomic mass is 9.94. The molecule has 0 radical (unpaired) electrons. The molecule has 2 aliphatic rings. The number of rotatable bonds is 4. The maximum absolute atomic E-state index is 13.2. The SMILES string of the molecule is CCOc1cc(/C=N/N2CC(=O)N3Cc4[nH]c5ccccc5c4C[C@H]3C2=O)ccc1O. The van der Waals surface area contributed by atoms with Crippen molar-refractivity contribution in [2.75, 3.05) is 13.2 Å². The molecule has 31 heavy (non-hydrogen) atoms. The number of aromatic nitrogens is 1. The van der Waals surface area contributed by atoms with Crippen LogP contribution in [0.15, 0.2) is 47.6 Å². The second kappa shape index (κ2) is 7.46. The molecule has 2 aromatic carbocycles. The molecule has 8 nitrogen and oxygen atoms in total. The number of phenols is 1. The van der Waals surface area contributed by atoms with Crippen molar-refractivity contribution in [1.29, 1.82) is 0 Å². The standard InChI is InChI=1S/C23H22N4O4/c1-2-31-21-9-14(7-8-20(21)28)11-24-27-13-22(29)26-12-18-16(10-19(26)23(27)30)15-5-3-4-6-17(15)25-18/h3-9,11,19,25,28H,2,10,12-13H2,1H3/b24-11+/t19-/m0/s1. The maximum atomic E-state index is 13.2. The number of benzene rings is 2. The number of H-pyrrole nitrogens is 1. The van der Waals surface area contributed by atoms with Crippen LogP contribution in [0.25, 0.3) is 10.9 Å². The fourth-order valence-corrected chi connectivity index (χ4v) is 4.28. The molecule has 3 heterocycles. The van der Waals surface area contributed by atoms with Crippen molar-refractivity contribution in [3.05, 3.63) is 59.3 Å². The molecule has 0 spiro atoms. The molecule has 5 rings (SSSR count). The van der Waals surface area contributed by atoms with Crippen molar-refractivity contribution < 1.29 is 19.4 Å². The molecular formula is C23H22N4O4. The van der Waals surface area contributed by atoms with E-state index in [-0.39, 0.29) is 24.1 Å². The summed E-state index contributed by atoms with van der Waals surface area (Å²) in [5.74, 6) is 0.0517. The van der Waals surface area contributed by atoms with Crippen LogP contribution in [0.5, 0.6) is 11.5 Å². The number of hydrogen-bond donors (Lipinski definition) is 2. The smallest absolute Gasteiger partial charge is 0.266 e. The highest BCUT2D eigenvalue weighted by Gasteiger charge is 2.43. The van der Waals surface area contributed by atoms with Gasteiger partial charge in [-0.05, 0) is 42.3 Å². The Labute approximate surface area is 178 Å². The molecule has 1 aromatic heterocycles. The fraction of sp³-hybridized carbons (Fsp3) is 0.261. The van der Waals surface area contributed by atoms with Gasteiger partial charge in [-0.1, -0.05) is 18.2 Å². The van der Waals surface area contributed by atoms with Crippen molar-refractivity contribution in [3.63, 3.8) is 0 Å². The number of nitrogens with zero attached hydrogens (tertiary/aromatic N) is 3. The number of carbonyl (C=O) groups excluding carboxylic acids is 2. The van der Waals surface area contributed by atoms with Crippen LogP contribution in [0.4, 0.5) is 0 Å². The van der Waals surface area contributed by atoms with E-state index in [1.165, 1.54) is 17.3 Å². The molecule has 0 unspecified atom stereocenters. The number of aromatic hydroxyl groups is 1. The molecule has 2 N–H and O–H groups in total. The normalized spacial score (nSPS) is 18.5. The minimum absolute atomic E-state index is 0.0376. The van der Waals surface area contributed by atoms with E-state index < -0.39 is 6.04 Å². The van der Waals surface area contributed by atoms with E-state index in [2.05, 4.69) is 10.1 Å². The Balaban J connectivity index is 1.40. The van der Waals surface area contributed by atoms with Crippen LogP contribution < -0.4 is 4.74 Å². The van der Waals surface area contributed by atoms with Gasteiger partial charge in [-0.3, -0.25) is 9.59 Å². The van der Waals surface area contributed by atoms with E-state index in [4.69, 9.17) is 4.74 Å². The monoisotopic (exact) mass is 418 g/mol. The number of hydrogen-bond acceptors (Lipinski definition) is 5. The Kier molecular flexibility index (Phi) is 4.62. The number of carbonyl (C=O) groups is 2. The lowest BCUT2D eigenvalue weighted by Gasteiger charge is -2.40. The maximum Gasteiger partial charge on any atom is 0.266 e. The third-order valence-electron chi connectivity index (χ3n) is 5.78. The van der Waals surface area contributed by atoms with Gasteiger partial charge in [0.15, 0.2) is 11.5 Å². The van der Waals surface area contributed by atoms with Gasteiger partial charge in [0, 0.05) is 23.0 Å². The van der Waals surface area contributed by atoms with Gasteiger partial charge in [-0.2, -0.15) is 5.10 Å². The Hall–Kier alpha value is -3.81. The van der Waals surface area contributed by atoms with Crippen LogP contribution in [0.3, 0.4) is 0 Å². The van der Waals surface area contributed by atoms with E-state index in [1.807, 2.05) is 31.2 Å². The highest BCUT2D eigenvalue weighted by Crippen LogP contribution is 2.32. The summed E-state index contributed by atoms with van der Waals surface area (Å²) in [6.45, 7) is 2.54. The molecule has 3 aromatic rings. The van der Waals surface area contributed by atoms with Crippen LogP contribution in [0.2, 0.25) is 0 Å². The molecule has 0 aliphatic carbocycles. The molecule has 1 atom stereocenters. The summed E-state index contributed by atoms with van der Waals surface area (Å²) in [6, 6.07) is 12.2. The van der Waals surface area contributed by atoms with Gasteiger partial charge < -0.3 is 19.7 Å². The van der Waals surface area contributed by atoms with E-state index >= 15 is 0 Å². The summed E-state index contributed by atoms with van der Waals surface area (Å²) in [5.41, 5.74) is 3.75. The van der Waals surface area contributed by atoms with Gasteiger partial charge in [0.05, 0.1) is 19.4 Å². The number of aromatic amines is 1. The predicted molar refractivity (Wildman–Crippen MR) is 115 cm³/mol. The van der Waals surface area contributed by atoms with Crippen molar-refractivity contribution in [1.82, 2.24) is 14.9 Å². The molecule has 2 amide bonds. The van der Waals surface area contributed by atoms with Crippen molar-refractivity contribution in [3.8, 4) is 11.5 Å². The Bertz CT molecular complexity index is 1220. The van der Waals surface area contributed by atoms with E-state index in [1.54, 1.807) is 17.0 Å². The minimum atomic E-state index is -0.566. The third kappa shape index (κ3) is 3.30. The highest BCUT2D eigenvalue weighted by molar-refractivity contribution is 5.97. The van der Waals surface area contributed by atoms with Crippen LogP contribution >= 0.6 is 0 Å². The summed E-state index contributed by atoms with van der Waals surface area (Å²) in [7, 11) is 0. The number of amides is 2. The molecule has 0 bridgehead atoms. The van der Waals surface area contributed by atoms with Gasteiger partial charge in [0.2, 0.25) is 5.91 Å². The van der Waals surface area contributed by atoms with E-state index in [9.17, 15) is 14.7 Å². The van der Waals surface area contributed by atoms with Crippen LogP contribution in [0, 0.1) is 0 Å². The van der Waals surface area contributed by atoms with E-state index in [0.29, 0.717) is 30.9 Å². The quantitative estimate of drug-likeness (QED) is 0.636. The number of phenolic OH excluding ortho intramolecular Hbond substituents is 1. The van der Waals surface area contributed by atoms with Gasteiger partial charge >= 0.3 is 0 Å². The van der Waals surface area contributed by atoms with Crippen molar-refractivity contribution >= 4 is 28.9 Å². The molecule has 0 saturated carbocycles. The lowest BCUT2D eigenvalue weighted by Crippen LogP contribution is -2.60. The fourth-order valence-electron chi connectivity index (χ4n) is 4.28. The second-order valence-corrected chi connectivity index (χ2v) is 7.67. The van der Waals surface area contributed by atoms with Crippen LogP contribution in [0.1, 0.15) is 23.7 Å². The largest absolute Gasteiger partial charge is 0.504 e. The Morgan fingerprint density at radius 3 is 2.90 bits per heavy atom. The number of hydrazone groups is 1. The number of ether oxygens (including phenoxy) is 1. The summed E-state index contributed by atoms with van der Waals surface area (Å²) in [4.78, 5) is 31.0. The lowest BCUT2D eigenvalue weighted by molar-refractivity contribution is -0.157. The third-order valence-corrected chi connectivity index (χ3v) is 5.78. The minimum Gasteiger partial charge on any atom is -0.504 e. The summed E-state index contributed by atoms with van der Waals surface area (Å²) in [5, 5.41) is 16.4. The topological polar surface area (TPSA) is 98.2 Å². The zero-order valence-corrected chi connectivity index (χ0v) is 17.0. The zero-order valence-electron chi connectivity index (χ0n) is 17.0. The first-order valence-corrected chi connectivity index (χ1v) is 10.2. The molecule has 2 aliphatic heterocycles. The summed E-state index contributed by atoms with van der Waals surface area (Å²) < 4.78 is 5.38. The number of piperazine rings is 1. The van der Waals surface area contributed by atoms with Gasteiger partial charge in [0.25, 0.3) is 5.91 Å². The number of nitrogens with one attached hydrogen (secondary N) is 1. The number of para-hydroxylation sites is 1. The van der Waals surface area contributed by atoms with Crippen LogP contribution in [-0.4, -0.2) is 57.2 Å². The first-order chi connectivity index (χ1) is 15.0. The second-order valence-electron chi connectivity index (χ2n) is 7.67. The van der Waals surface area contributed by atoms with Crippen molar-refractivity contribution in [2.45, 2.75) is 25.9 Å². The average molecular weight is 418 g/mol. The average Bonchev–Trinajstić information content (AvgIpc) is 3.14. The van der Waals surface area contributed by atoms with Crippen LogP contribution in [-0.2, 0) is 22.6 Å².